The molecule has 0 bridgehead atoms. The molecule has 0 amide bonds. The standard InChI is InChI=1S/C13H17N3/c1-9(2)8-11(14)13-10-6-4-5-7-12(10)16(3)15-13/h4-7,11H,1,8,14H2,2-3H3. The van der Waals surface area contributed by atoms with E-state index in [9.17, 15) is 0 Å². The van der Waals surface area contributed by atoms with E-state index in [0.717, 1.165) is 28.6 Å². The maximum atomic E-state index is 6.14. The van der Waals surface area contributed by atoms with Gasteiger partial charge in [0, 0.05) is 12.4 Å². The number of fused-ring (bicyclic) bond motifs is 1. The Morgan fingerprint density at radius 2 is 2.19 bits per heavy atom. The molecule has 0 saturated heterocycles. The van der Waals surface area contributed by atoms with Crippen LogP contribution in [0.25, 0.3) is 10.9 Å². The third kappa shape index (κ3) is 1.86. The molecule has 3 heteroatoms. The summed E-state index contributed by atoms with van der Waals surface area (Å²) in [6, 6.07) is 8.08. The number of aryl methyl sites for hydroxylation is 1. The van der Waals surface area contributed by atoms with Gasteiger partial charge >= 0.3 is 0 Å². The van der Waals surface area contributed by atoms with E-state index in [0.29, 0.717) is 0 Å². The van der Waals surface area contributed by atoms with Crippen LogP contribution in [0.5, 0.6) is 0 Å². The maximum Gasteiger partial charge on any atom is 0.0873 e. The highest BCUT2D eigenvalue weighted by Crippen LogP contribution is 2.25. The van der Waals surface area contributed by atoms with Gasteiger partial charge in [-0.05, 0) is 19.4 Å². The molecule has 2 aromatic rings. The number of nitrogens with two attached hydrogens (primary N) is 1. The van der Waals surface area contributed by atoms with Crippen molar-refractivity contribution in [2.24, 2.45) is 12.8 Å². The van der Waals surface area contributed by atoms with Crippen molar-refractivity contribution < 1.29 is 0 Å². The van der Waals surface area contributed by atoms with E-state index >= 15 is 0 Å². The molecule has 84 valence electrons. The molecule has 2 rings (SSSR count). The molecule has 1 unspecified atom stereocenters. The second-order valence-electron chi connectivity index (χ2n) is 4.29. The SMILES string of the molecule is C=C(C)CC(N)c1nn(C)c2ccccc12. The molecule has 0 radical (unpaired) electrons. The van der Waals surface area contributed by atoms with Crippen molar-refractivity contribution >= 4 is 10.9 Å². The van der Waals surface area contributed by atoms with Crippen LogP contribution >= 0.6 is 0 Å². The first-order chi connectivity index (χ1) is 7.59. The maximum absolute atomic E-state index is 6.14. The molecule has 16 heavy (non-hydrogen) atoms. The van der Waals surface area contributed by atoms with E-state index in [1.165, 1.54) is 0 Å². The first-order valence-corrected chi connectivity index (χ1v) is 5.41. The van der Waals surface area contributed by atoms with E-state index in [4.69, 9.17) is 5.73 Å². The number of nitrogens with zero attached hydrogens (tertiary/aromatic N) is 2. The van der Waals surface area contributed by atoms with Gasteiger partial charge in [-0.3, -0.25) is 4.68 Å². The van der Waals surface area contributed by atoms with Gasteiger partial charge in [-0.25, -0.2) is 0 Å². The monoisotopic (exact) mass is 215 g/mol. The molecule has 0 fully saturated rings. The fraction of sp³-hybridized carbons (Fsp3) is 0.308. The first-order valence-electron chi connectivity index (χ1n) is 5.41. The van der Waals surface area contributed by atoms with Gasteiger partial charge in [0.25, 0.3) is 0 Å². The van der Waals surface area contributed by atoms with Gasteiger partial charge in [-0.15, -0.1) is 6.58 Å². The van der Waals surface area contributed by atoms with Gasteiger partial charge in [-0.2, -0.15) is 5.10 Å². The topological polar surface area (TPSA) is 43.8 Å². The van der Waals surface area contributed by atoms with Crippen molar-refractivity contribution in [1.82, 2.24) is 9.78 Å². The Kier molecular flexibility index (Phi) is 2.79. The van der Waals surface area contributed by atoms with Crippen LogP contribution in [0.1, 0.15) is 25.1 Å². The molecule has 1 atom stereocenters. The van der Waals surface area contributed by atoms with Crippen molar-refractivity contribution in [3.8, 4) is 0 Å². The quantitative estimate of drug-likeness (QED) is 0.800. The summed E-state index contributed by atoms with van der Waals surface area (Å²) in [4.78, 5) is 0. The molecule has 1 heterocycles. The summed E-state index contributed by atoms with van der Waals surface area (Å²) in [5, 5.41) is 5.63. The summed E-state index contributed by atoms with van der Waals surface area (Å²) >= 11 is 0. The average molecular weight is 215 g/mol. The molecule has 0 aliphatic rings. The lowest BCUT2D eigenvalue weighted by Gasteiger charge is -2.08. The number of rotatable bonds is 3. The van der Waals surface area contributed by atoms with E-state index in [-0.39, 0.29) is 6.04 Å². The van der Waals surface area contributed by atoms with Crippen LogP contribution in [0, 0.1) is 0 Å². The van der Waals surface area contributed by atoms with Crippen molar-refractivity contribution in [1.29, 1.82) is 0 Å². The van der Waals surface area contributed by atoms with E-state index in [2.05, 4.69) is 23.8 Å². The minimum absolute atomic E-state index is 0.0661. The number of benzene rings is 1. The number of aromatic nitrogens is 2. The molecule has 0 saturated carbocycles. The van der Waals surface area contributed by atoms with Crippen LogP contribution in [0.15, 0.2) is 36.4 Å². The predicted octanol–water partition coefficient (Wildman–Crippen LogP) is 2.54. The Balaban J connectivity index is 2.48. The fourth-order valence-electron chi connectivity index (χ4n) is 1.99. The molecule has 0 aliphatic heterocycles. The summed E-state index contributed by atoms with van der Waals surface area (Å²) < 4.78 is 1.88. The Morgan fingerprint density at radius 1 is 1.50 bits per heavy atom. The third-order valence-electron chi connectivity index (χ3n) is 2.71. The highest BCUT2D eigenvalue weighted by atomic mass is 15.3. The second-order valence-corrected chi connectivity index (χ2v) is 4.29. The number of hydrogen-bond donors (Lipinski definition) is 1. The first kappa shape index (κ1) is 10.9. The van der Waals surface area contributed by atoms with Gasteiger partial charge in [0.05, 0.1) is 17.3 Å². The molecule has 1 aromatic carbocycles. The molecule has 1 aromatic heterocycles. The molecule has 2 N–H and O–H groups in total. The predicted molar refractivity (Wildman–Crippen MR) is 67.1 cm³/mol. The van der Waals surface area contributed by atoms with Gasteiger partial charge < -0.3 is 5.73 Å². The summed E-state index contributed by atoms with van der Waals surface area (Å²) in [7, 11) is 1.94. The summed E-state index contributed by atoms with van der Waals surface area (Å²) in [5.41, 5.74) is 9.30. The summed E-state index contributed by atoms with van der Waals surface area (Å²) in [5.74, 6) is 0. The van der Waals surface area contributed by atoms with Crippen molar-refractivity contribution in [2.75, 3.05) is 0 Å². The Bertz CT molecular complexity index is 525. The van der Waals surface area contributed by atoms with Crippen molar-refractivity contribution in [3.63, 3.8) is 0 Å². The van der Waals surface area contributed by atoms with Crippen LogP contribution in [-0.4, -0.2) is 9.78 Å². The molecular formula is C13H17N3. The lowest BCUT2D eigenvalue weighted by atomic mass is 10.0. The smallest absolute Gasteiger partial charge is 0.0873 e. The van der Waals surface area contributed by atoms with E-state index < -0.39 is 0 Å². The lowest BCUT2D eigenvalue weighted by molar-refractivity contribution is 0.662. The number of hydrogen-bond acceptors (Lipinski definition) is 2. The normalized spacial score (nSPS) is 12.9. The van der Waals surface area contributed by atoms with Crippen LogP contribution in [0.3, 0.4) is 0 Å². The average Bonchev–Trinajstić information content (AvgIpc) is 2.56. The Morgan fingerprint density at radius 3 is 2.88 bits per heavy atom. The van der Waals surface area contributed by atoms with Gasteiger partial charge in [0.15, 0.2) is 0 Å². The summed E-state index contributed by atoms with van der Waals surface area (Å²) in [6.45, 7) is 5.88. The minimum atomic E-state index is -0.0661. The van der Waals surface area contributed by atoms with Gasteiger partial charge in [0.1, 0.15) is 0 Å². The zero-order valence-electron chi connectivity index (χ0n) is 9.77. The Hall–Kier alpha value is -1.61. The second kappa shape index (κ2) is 4.10. The summed E-state index contributed by atoms with van der Waals surface area (Å²) in [6.07, 6.45) is 0.779. The van der Waals surface area contributed by atoms with Crippen LogP contribution in [0.2, 0.25) is 0 Å². The van der Waals surface area contributed by atoms with Gasteiger partial charge in [0.2, 0.25) is 0 Å². The largest absolute Gasteiger partial charge is 0.322 e. The molecule has 0 aliphatic carbocycles. The molecule has 0 spiro atoms. The number of para-hydroxylation sites is 1. The highest BCUT2D eigenvalue weighted by Gasteiger charge is 2.14. The van der Waals surface area contributed by atoms with Crippen molar-refractivity contribution in [2.45, 2.75) is 19.4 Å². The zero-order valence-corrected chi connectivity index (χ0v) is 9.77. The van der Waals surface area contributed by atoms with Crippen LogP contribution in [-0.2, 0) is 7.05 Å². The molecule has 3 nitrogen and oxygen atoms in total. The van der Waals surface area contributed by atoms with E-state index in [1.807, 2.05) is 30.8 Å². The van der Waals surface area contributed by atoms with Gasteiger partial charge in [-0.1, -0.05) is 23.8 Å². The van der Waals surface area contributed by atoms with Crippen molar-refractivity contribution in [3.05, 3.63) is 42.1 Å². The van der Waals surface area contributed by atoms with Crippen LogP contribution in [0.4, 0.5) is 0 Å². The zero-order chi connectivity index (χ0) is 11.7. The highest BCUT2D eigenvalue weighted by molar-refractivity contribution is 5.82. The van der Waals surface area contributed by atoms with E-state index in [1.54, 1.807) is 0 Å². The lowest BCUT2D eigenvalue weighted by Crippen LogP contribution is -2.11. The third-order valence-corrected chi connectivity index (χ3v) is 2.71. The Labute approximate surface area is 95.6 Å². The fourth-order valence-corrected chi connectivity index (χ4v) is 1.99. The molecular weight excluding hydrogens is 198 g/mol. The van der Waals surface area contributed by atoms with Crippen LogP contribution < -0.4 is 5.73 Å². The minimum Gasteiger partial charge on any atom is -0.322 e.